The summed E-state index contributed by atoms with van der Waals surface area (Å²) in [6, 6.07) is 6.06. The monoisotopic (exact) mass is 429 g/mol. The van der Waals surface area contributed by atoms with Gasteiger partial charge in [0.1, 0.15) is 18.5 Å². The Morgan fingerprint density at radius 2 is 1.90 bits per heavy atom. The second kappa shape index (κ2) is 8.11. The largest absolute Gasteiger partial charge is 0.490 e. The van der Waals surface area contributed by atoms with Crippen molar-refractivity contribution in [2.24, 2.45) is 5.73 Å². The molecule has 0 saturated carbocycles. The van der Waals surface area contributed by atoms with Crippen LogP contribution in [0, 0.1) is 20.8 Å². The number of hydrogen-bond acceptors (Lipinski definition) is 8. The van der Waals surface area contributed by atoms with E-state index in [-0.39, 0.29) is 6.10 Å². The van der Waals surface area contributed by atoms with Crippen LogP contribution in [-0.4, -0.2) is 35.2 Å². The molecule has 160 valence electrons. The van der Waals surface area contributed by atoms with Crippen LogP contribution in [-0.2, 0) is 16.0 Å². The van der Waals surface area contributed by atoms with Gasteiger partial charge in [-0.1, -0.05) is 5.16 Å². The van der Waals surface area contributed by atoms with Crippen molar-refractivity contribution in [2.75, 3.05) is 13.2 Å². The number of aromatic nitrogens is 2. The van der Waals surface area contributed by atoms with Crippen molar-refractivity contribution >= 4 is 11.3 Å². The maximum atomic E-state index is 6.06. The van der Waals surface area contributed by atoms with Crippen LogP contribution in [0.5, 0.6) is 5.75 Å². The molecule has 1 atom stereocenters. The highest BCUT2D eigenvalue weighted by molar-refractivity contribution is 7.15. The van der Waals surface area contributed by atoms with Crippen LogP contribution >= 0.6 is 11.3 Å². The molecule has 2 N–H and O–H groups in total. The fraction of sp³-hybridized carbons (Fsp3) is 0.455. The molecule has 0 bridgehead atoms. The number of hydrogen-bond donors (Lipinski definition) is 1. The number of nitrogens with zero attached hydrogens (tertiary/aromatic N) is 2. The van der Waals surface area contributed by atoms with Gasteiger partial charge in [0.2, 0.25) is 5.82 Å². The first-order valence-electron chi connectivity index (χ1n) is 9.95. The lowest BCUT2D eigenvalue weighted by Crippen LogP contribution is -2.25. The second-order valence-electron chi connectivity index (χ2n) is 8.04. The predicted octanol–water partition coefficient (Wildman–Crippen LogP) is 4.38. The van der Waals surface area contributed by atoms with Crippen LogP contribution in [0.1, 0.15) is 35.4 Å². The van der Waals surface area contributed by atoms with Crippen molar-refractivity contribution in [1.82, 2.24) is 10.1 Å². The summed E-state index contributed by atoms with van der Waals surface area (Å²) < 4.78 is 23.0. The van der Waals surface area contributed by atoms with Crippen LogP contribution in [0.3, 0.4) is 0 Å². The van der Waals surface area contributed by atoms with Gasteiger partial charge in [-0.3, -0.25) is 0 Å². The number of aryl methyl sites for hydroxylation is 3. The predicted molar refractivity (Wildman–Crippen MR) is 116 cm³/mol. The van der Waals surface area contributed by atoms with E-state index in [1.807, 2.05) is 52.8 Å². The first-order valence-corrected chi connectivity index (χ1v) is 10.8. The standard InChI is InChI=1S/C22H27N3O4S/c1-12-8-17(30-18(12)9-23)21-24-20(25-29-21)15-6-13(2)19(14(3)7-15)26-10-16-11-27-22(4,5)28-16/h6-8,16H,9-11,23H2,1-5H3. The SMILES string of the molecule is Cc1cc(-c2nc(-c3cc(C)c(OCC4COC(C)(C)O4)c(C)c3)no2)sc1CN. The Morgan fingerprint density at radius 3 is 2.50 bits per heavy atom. The molecular formula is C22H27N3O4S. The first kappa shape index (κ1) is 21.0. The van der Waals surface area contributed by atoms with E-state index in [1.54, 1.807) is 11.3 Å². The Kier molecular flexibility index (Phi) is 5.67. The number of thiophene rings is 1. The van der Waals surface area contributed by atoms with Crippen LogP contribution in [0.2, 0.25) is 0 Å². The van der Waals surface area contributed by atoms with E-state index in [9.17, 15) is 0 Å². The van der Waals surface area contributed by atoms with Crippen LogP contribution in [0.15, 0.2) is 22.7 Å². The molecule has 7 nitrogen and oxygen atoms in total. The second-order valence-corrected chi connectivity index (χ2v) is 9.18. The topological polar surface area (TPSA) is 92.6 Å². The fourth-order valence-corrected chi connectivity index (χ4v) is 4.57. The van der Waals surface area contributed by atoms with Crippen molar-refractivity contribution in [3.8, 4) is 27.9 Å². The molecule has 0 spiro atoms. The van der Waals surface area contributed by atoms with Crippen molar-refractivity contribution in [2.45, 2.75) is 53.1 Å². The summed E-state index contributed by atoms with van der Waals surface area (Å²) in [5.74, 6) is 1.36. The summed E-state index contributed by atoms with van der Waals surface area (Å²) in [5, 5.41) is 4.18. The third-order valence-electron chi connectivity index (χ3n) is 5.04. The Bertz CT molecular complexity index is 1030. The molecule has 3 heterocycles. The van der Waals surface area contributed by atoms with Gasteiger partial charge in [0.15, 0.2) is 5.79 Å². The summed E-state index contributed by atoms with van der Waals surface area (Å²) in [6.07, 6.45) is -0.0779. The van der Waals surface area contributed by atoms with E-state index in [0.717, 1.165) is 37.8 Å². The molecule has 2 aromatic heterocycles. The Labute approximate surface area is 180 Å². The highest BCUT2D eigenvalue weighted by Crippen LogP contribution is 2.33. The zero-order chi connectivity index (χ0) is 21.5. The normalized spacial score (nSPS) is 18.1. The number of nitrogens with two attached hydrogens (primary N) is 1. The number of ether oxygens (including phenoxy) is 3. The average Bonchev–Trinajstić information content (AvgIpc) is 3.39. The molecular weight excluding hydrogens is 402 g/mol. The number of rotatable bonds is 6. The van der Waals surface area contributed by atoms with Gasteiger partial charge in [-0.2, -0.15) is 4.98 Å². The third kappa shape index (κ3) is 4.27. The summed E-state index contributed by atoms with van der Waals surface area (Å²) in [6.45, 7) is 11.4. The van der Waals surface area contributed by atoms with Crippen molar-refractivity contribution in [3.05, 3.63) is 39.8 Å². The third-order valence-corrected chi connectivity index (χ3v) is 6.29. The van der Waals surface area contributed by atoms with E-state index >= 15 is 0 Å². The van der Waals surface area contributed by atoms with E-state index in [2.05, 4.69) is 10.1 Å². The van der Waals surface area contributed by atoms with E-state index in [1.165, 1.54) is 0 Å². The van der Waals surface area contributed by atoms with Gasteiger partial charge in [0.25, 0.3) is 5.89 Å². The van der Waals surface area contributed by atoms with Gasteiger partial charge >= 0.3 is 0 Å². The minimum Gasteiger partial charge on any atom is -0.490 e. The number of benzene rings is 1. The quantitative estimate of drug-likeness (QED) is 0.621. The highest BCUT2D eigenvalue weighted by atomic mass is 32.1. The lowest BCUT2D eigenvalue weighted by molar-refractivity contribution is -0.141. The van der Waals surface area contributed by atoms with E-state index in [4.69, 9.17) is 24.5 Å². The average molecular weight is 430 g/mol. The van der Waals surface area contributed by atoms with Crippen molar-refractivity contribution in [1.29, 1.82) is 0 Å². The zero-order valence-electron chi connectivity index (χ0n) is 17.9. The molecule has 1 aliphatic rings. The van der Waals surface area contributed by atoms with E-state index in [0.29, 0.717) is 31.5 Å². The molecule has 1 fully saturated rings. The Hall–Kier alpha value is -2.26. The van der Waals surface area contributed by atoms with E-state index < -0.39 is 5.79 Å². The lowest BCUT2D eigenvalue weighted by Gasteiger charge is -2.18. The Balaban J connectivity index is 1.51. The molecule has 30 heavy (non-hydrogen) atoms. The lowest BCUT2D eigenvalue weighted by atomic mass is 10.1. The smallest absolute Gasteiger partial charge is 0.268 e. The maximum Gasteiger partial charge on any atom is 0.268 e. The maximum absolute atomic E-state index is 6.06. The molecule has 0 aliphatic carbocycles. The molecule has 1 unspecified atom stereocenters. The summed E-state index contributed by atoms with van der Waals surface area (Å²) in [4.78, 5) is 6.65. The van der Waals surface area contributed by atoms with Crippen molar-refractivity contribution in [3.63, 3.8) is 0 Å². The molecule has 3 aromatic rings. The van der Waals surface area contributed by atoms with Gasteiger partial charge in [0, 0.05) is 17.0 Å². The van der Waals surface area contributed by atoms with Crippen LogP contribution < -0.4 is 10.5 Å². The van der Waals surface area contributed by atoms with Gasteiger partial charge < -0.3 is 24.5 Å². The summed E-state index contributed by atoms with van der Waals surface area (Å²) in [7, 11) is 0. The van der Waals surface area contributed by atoms with Crippen LogP contribution in [0.25, 0.3) is 22.2 Å². The minimum atomic E-state index is -0.551. The molecule has 8 heteroatoms. The Morgan fingerprint density at radius 1 is 1.17 bits per heavy atom. The summed E-state index contributed by atoms with van der Waals surface area (Å²) >= 11 is 1.58. The van der Waals surface area contributed by atoms with Gasteiger partial charge in [-0.25, -0.2) is 0 Å². The zero-order valence-corrected chi connectivity index (χ0v) is 18.8. The van der Waals surface area contributed by atoms with Gasteiger partial charge in [0.05, 0.1) is 11.5 Å². The van der Waals surface area contributed by atoms with Gasteiger partial charge in [-0.15, -0.1) is 11.3 Å². The molecule has 1 saturated heterocycles. The molecule has 4 rings (SSSR count). The molecule has 1 aromatic carbocycles. The molecule has 1 aliphatic heterocycles. The highest BCUT2D eigenvalue weighted by Gasteiger charge is 2.33. The fourth-order valence-electron chi connectivity index (χ4n) is 3.60. The molecule has 0 amide bonds. The first-order chi connectivity index (χ1) is 14.3. The molecule has 0 radical (unpaired) electrons. The van der Waals surface area contributed by atoms with Crippen LogP contribution in [0.4, 0.5) is 0 Å². The van der Waals surface area contributed by atoms with Crippen molar-refractivity contribution < 1.29 is 18.7 Å². The minimum absolute atomic E-state index is 0.0779. The van der Waals surface area contributed by atoms with Gasteiger partial charge in [-0.05, 0) is 69.5 Å². The summed E-state index contributed by atoms with van der Waals surface area (Å²) in [5.41, 5.74) is 9.83.